The highest BCUT2D eigenvalue weighted by atomic mass is 32.2. The van der Waals surface area contributed by atoms with E-state index in [0.717, 1.165) is 21.8 Å². The first kappa shape index (κ1) is 18.7. The second kappa shape index (κ2) is 8.49. The minimum Gasteiger partial charge on any atom is -0.211 e. The van der Waals surface area contributed by atoms with Gasteiger partial charge in [-0.3, -0.25) is 0 Å². The Morgan fingerprint density at radius 1 is 1.38 bits per heavy atom. The second-order valence-corrected chi connectivity index (χ2v) is 8.70. The minimum atomic E-state index is -3.80. The molecule has 0 amide bonds. The monoisotopic (exact) mass is 378 g/mol. The van der Waals surface area contributed by atoms with Crippen LogP contribution in [-0.2, 0) is 16.4 Å². The molecule has 0 atom stereocenters. The van der Waals surface area contributed by atoms with Crippen LogP contribution < -0.4 is 4.72 Å². The minimum absolute atomic E-state index is 0.281. The fraction of sp³-hybridized carbons (Fsp3) is 0.235. The van der Waals surface area contributed by atoms with Gasteiger partial charge in [0.25, 0.3) is 10.0 Å². The van der Waals surface area contributed by atoms with Crippen molar-refractivity contribution in [2.45, 2.75) is 24.7 Å². The van der Waals surface area contributed by atoms with Gasteiger partial charge in [-0.15, -0.1) is 24.0 Å². The lowest BCUT2D eigenvalue weighted by atomic mass is 10.1. The van der Waals surface area contributed by atoms with Crippen molar-refractivity contribution in [2.24, 2.45) is 0 Å². The molecule has 0 aliphatic rings. The second-order valence-electron chi connectivity index (χ2n) is 5.20. The molecule has 0 saturated heterocycles. The molecule has 4 nitrogen and oxygen atoms in total. The Kier molecular flexibility index (Phi) is 6.63. The molecule has 0 unspecified atom stereocenters. The zero-order chi connectivity index (χ0) is 17.6. The number of hydrogen-bond acceptors (Lipinski definition) is 5. The quantitative estimate of drug-likeness (QED) is 0.438. The van der Waals surface area contributed by atoms with Crippen LogP contribution in [0.5, 0.6) is 0 Å². The van der Waals surface area contributed by atoms with Crippen molar-refractivity contribution in [3.8, 4) is 6.07 Å². The molecule has 24 heavy (non-hydrogen) atoms. The molecule has 0 fully saturated rings. The molecule has 1 aromatic carbocycles. The van der Waals surface area contributed by atoms with E-state index in [1.807, 2.05) is 37.3 Å². The molecule has 2 aromatic rings. The molecular weight excluding hydrogens is 360 g/mol. The van der Waals surface area contributed by atoms with Crippen LogP contribution >= 0.6 is 24.0 Å². The van der Waals surface area contributed by atoms with Crippen LogP contribution in [0, 0.1) is 18.3 Å². The first-order valence-corrected chi connectivity index (χ1v) is 10.1. The van der Waals surface area contributed by atoms with E-state index in [-0.39, 0.29) is 11.4 Å². The molecule has 0 spiro atoms. The number of rotatable bonds is 7. The lowest BCUT2D eigenvalue weighted by Gasteiger charge is -2.05. The summed E-state index contributed by atoms with van der Waals surface area (Å²) in [7, 11) is -3.80. The fourth-order valence-electron chi connectivity index (χ4n) is 2.09. The number of sulfonamides is 1. The van der Waals surface area contributed by atoms with Crippen molar-refractivity contribution in [3.05, 3.63) is 56.6 Å². The van der Waals surface area contributed by atoms with Crippen LogP contribution in [-0.4, -0.2) is 15.0 Å². The Bertz CT molecular complexity index is 843. The molecule has 0 aliphatic heterocycles. The van der Waals surface area contributed by atoms with Crippen molar-refractivity contribution >= 4 is 40.1 Å². The number of nitrogens with zero attached hydrogens (tertiary/aromatic N) is 1. The maximum atomic E-state index is 12.3. The van der Waals surface area contributed by atoms with Crippen LogP contribution in [0.2, 0.25) is 0 Å². The predicted molar refractivity (Wildman–Crippen MR) is 102 cm³/mol. The number of hydrogen-bond donors (Lipinski definition) is 2. The Morgan fingerprint density at radius 3 is 2.67 bits per heavy atom. The number of thiophene rings is 1. The third kappa shape index (κ3) is 5.21. The third-order valence-electron chi connectivity index (χ3n) is 3.36. The summed E-state index contributed by atoms with van der Waals surface area (Å²) in [5.41, 5.74) is 1.16. The van der Waals surface area contributed by atoms with Crippen LogP contribution in [0.1, 0.15) is 21.7 Å². The summed E-state index contributed by atoms with van der Waals surface area (Å²) in [5.74, 6) is 0. The van der Waals surface area contributed by atoms with Gasteiger partial charge in [0.15, 0.2) is 4.91 Å². The van der Waals surface area contributed by atoms with Gasteiger partial charge in [0, 0.05) is 21.2 Å². The number of aryl methyl sites for hydroxylation is 2. The molecule has 0 aliphatic carbocycles. The highest BCUT2D eigenvalue weighted by Crippen LogP contribution is 2.26. The largest absolute Gasteiger partial charge is 0.250 e. The maximum Gasteiger partial charge on any atom is 0.250 e. The topological polar surface area (TPSA) is 70.0 Å². The number of nitrogens with one attached hydrogen (secondary N) is 1. The lowest BCUT2D eigenvalue weighted by molar-refractivity contribution is 0.587. The first-order chi connectivity index (χ1) is 11.4. The standard InChI is InChI=1S/C17H18N2O2S3/c1-13-17(22)11-15(23-13)10-16(12-18)24(20,21)19-9-5-8-14-6-3-2-4-7-14/h2-4,6-7,10-11,19,22H,5,8-9H2,1H3/b16-10+. The SMILES string of the molecule is Cc1sc(/C=C(\C#N)S(=O)(=O)NCCCc2ccccc2)cc1S. The molecule has 0 saturated carbocycles. The van der Waals surface area contributed by atoms with Crippen molar-refractivity contribution < 1.29 is 8.42 Å². The van der Waals surface area contributed by atoms with Gasteiger partial charge in [0.2, 0.25) is 0 Å². The van der Waals surface area contributed by atoms with Gasteiger partial charge >= 0.3 is 0 Å². The van der Waals surface area contributed by atoms with Crippen molar-refractivity contribution in [1.29, 1.82) is 5.26 Å². The van der Waals surface area contributed by atoms with Gasteiger partial charge < -0.3 is 0 Å². The van der Waals surface area contributed by atoms with Crippen LogP contribution in [0.15, 0.2) is 46.2 Å². The summed E-state index contributed by atoms with van der Waals surface area (Å²) in [5, 5.41) is 9.18. The Balaban J connectivity index is 1.98. The van der Waals surface area contributed by atoms with E-state index in [1.165, 1.54) is 17.4 Å². The molecule has 126 valence electrons. The predicted octanol–water partition coefficient (Wildman–Crippen LogP) is 3.76. The molecule has 1 aromatic heterocycles. The van der Waals surface area contributed by atoms with E-state index >= 15 is 0 Å². The van der Waals surface area contributed by atoms with E-state index in [0.29, 0.717) is 11.3 Å². The summed E-state index contributed by atoms with van der Waals surface area (Å²) in [6, 6.07) is 13.4. The highest BCUT2D eigenvalue weighted by Gasteiger charge is 2.17. The third-order valence-corrected chi connectivity index (χ3v) is 6.35. The zero-order valence-corrected chi connectivity index (χ0v) is 15.7. The zero-order valence-electron chi connectivity index (χ0n) is 13.2. The molecular formula is C17H18N2O2S3. The van der Waals surface area contributed by atoms with E-state index in [2.05, 4.69) is 17.4 Å². The summed E-state index contributed by atoms with van der Waals surface area (Å²) < 4.78 is 27.0. The van der Waals surface area contributed by atoms with Crippen molar-refractivity contribution in [2.75, 3.05) is 6.54 Å². The molecule has 1 N–H and O–H groups in total. The van der Waals surface area contributed by atoms with Gasteiger partial charge in [-0.05, 0) is 37.5 Å². The number of nitriles is 1. The van der Waals surface area contributed by atoms with E-state index in [1.54, 1.807) is 12.1 Å². The van der Waals surface area contributed by atoms with Gasteiger partial charge in [-0.1, -0.05) is 30.3 Å². The van der Waals surface area contributed by atoms with Crippen LogP contribution in [0.4, 0.5) is 0 Å². The average Bonchev–Trinajstić information content (AvgIpc) is 2.88. The maximum absolute atomic E-state index is 12.3. The van der Waals surface area contributed by atoms with Crippen LogP contribution in [0.3, 0.4) is 0 Å². The number of benzene rings is 1. The number of thiol groups is 1. The normalized spacial score (nSPS) is 12.1. The van der Waals surface area contributed by atoms with Gasteiger partial charge in [0.05, 0.1) is 0 Å². The molecule has 0 bridgehead atoms. The lowest BCUT2D eigenvalue weighted by Crippen LogP contribution is -2.26. The van der Waals surface area contributed by atoms with Crippen molar-refractivity contribution in [1.82, 2.24) is 4.72 Å². The number of allylic oxidation sites excluding steroid dienone is 1. The van der Waals surface area contributed by atoms with Gasteiger partial charge in [-0.25, -0.2) is 13.1 Å². The molecule has 7 heteroatoms. The summed E-state index contributed by atoms with van der Waals surface area (Å²) in [6.07, 6.45) is 2.83. The molecule has 2 rings (SSSR count). The highest BCUT2D eigenvalue weighted by molar-refractivity contribution is 7.93. The van der Waals surface area contributed by atoms with E-state index in [4.69, 9.17) is 0 Å². The molecule has 0 radical (unpaired) electrons. The first-order valence-electron chi connectivity index (χ1n) is 7.37. The Labute approximate surface area is 152 Å². The van der Waals surface area contributed by atoms with Gasteiger partial charge in [-0.2, -0.15) is 5.26 Å². The fourth-order valence-corrected chi connectivity index (χ4v) is 4.37. The average molecular weight is 379 g/mol. The van der Waals surface area contributed by atoms with Crippen LogP contribution in [0.25, 0.3) is 6.08 Å². The molecule has 1 heterocycles. The summed E-state index contributed by atoms with van der Waals surface area (Å²) in [4.78, 5) is 2.19. The Morgan fingerprint density at radius 2 is 2.08 bits per heavy atom. The summed E-state index contributed by atoms with van der Waals surface area (Å²) in [6.45, 7) is 2.18. The smallest absolute Gasteiger partial charge is 0.211 e. The van der Waals surface area contributed by atoms with E-state index < -0.39 is 10.0 Å². The van der Waals surface area contributed by atoms with Crippen molar-refractivity contribution in [3.63, 3.8) is 0 Å². The van der Waals surface area contributed by atoms with E-state index in [9.17, 15) is 13.7 Å². The Hall–Kier alpha value is -1.59. The summed E-state index contributed by atoms with van der Waals surface area (Å²) >= 11 is 5.68. The van der Waals surface area contributed by atoms with Gasteiger partial charge in [0.1, 0.15) is 6.07 Å².